The van der Waals surface area contributed by atoms with E-state index in [2.05, 4.69) is 28.6 Å². The number of aliphatic hydroxyl groups is 2. The van der Waals surface area contributed by atoms with Crippen LogP contribution in [0.5, 0.6) is 5.75 Å². The Morgan fingerprint density at radius 3 is 2.50 bits per heavy atom. The number of hydrogen-bond acceptors (Lipinski definition) is 4. The summed E-state index contributed by atoms with van der Waals surface area (Å²) in [5.41, 5.74) is 0.286. The molecule has 0 saturated carbocycles. The second-order valence-corrected chi connectivity index (χ2v) is 4.09. The summed E-state index contributed by atoms with van der Waals surface area (Å²) < 4.78 is 0.561. The van der Waals surface area contributed by atoms with E-state index in [1.54, 1.807) is 12.1 Å². The van der Waals surface area contributed by atoms with Crippen LogP contribution in [0, 0.1) is 0 Å². The molecule has 78 valence electrons. The molecule has 5 heteroatoms. The van der Waals surface area contributed by atoms with E-state index in [4.69, 9.17) is 0 Å². The van der Waals surface area contributed by atoms with Gasteiger partial charge in [-0.1, -0.05) is 22.0 Å². The molecule has 0 radical (unpaired) electrons. The van der Waals surface area contributed by atoms with Crippen LogP contribution in [0.25, 0.3) is 0 Å². The molecule has 0 aliphatic carbocycles. The summed E-state index contributed by atoms with van der Waals surface area (Å²) in [6.07, 6.45) is -2.13. The predicted molar refractivity (Wildman–Crippen MR) is 60.6 cm³/mol. The second kappa shape index (κ2) is 5.02. The van der Waals surface area contributed by atoms with Gasteiger partial charge in [-0.05, 0) is 12.1 Å². The summed E-state index contributed by atoms with van der Waals surface area (Å²) in [7, 11) is 0. The largest absolute Gasteiger partial charge is 0.508 e. The summed E-state index contributed by atoms with van der Waals surface area (Å²) >= 11 is 7.06. The molecule has 3 nitrogen and oxygen atoms in total. The Labute approximate surface area is 95.9 Å². The van der Waals surface area contributed by atoms with Gasteiger partial charge >= 0.3 is 0 Å². The van der Waals surface area contributed by atoms with Gasteiger partial charge in [0.15, 0.2) is 0 Å². The standard InChI is InChI=1S/C9H11BrO3S/c10-5-2-1-3-6(11)8(5)9(13)7(12)4-14/h1-3,7,9,11-14H,4H2. The minimum atomic E-state index is -1.14. The molecule has 0 amide bonds. The normalized spacial score (nSPS) is 15.1. The highest BCUT2D eigenvalue weighted by Crippen LogP contribution is 2.33. The fourth-order valence-corrected chi connectivity index (χ4v) is 1.90. The van der Waals surface area contributed by atoms with Crippen LogP contribution < -0.4 is 0 Å². The van der Waals surface area contributed by atoms with Crippen molar-refractivity contribution in [3.05, 3.63) is 28.2 Å². The first kappa shape index (κ1) is 11.8. The van der Waals surface area contributed by atoms with Crippen LogP contribution in [-0.2, 0) is 0 Å². The van der Waals surface area contributed by atoms with Crippen molar-refractivity contribution in [3.63, 3.8) is 0 Å². The van der Waals surface area contributed by atoms with E-state index in [1.165, 1.54) is 6.07 Å². The zero-order valence-corrected chi connectivity index (χ0v) is 9.74. The lowest BCUT2D eigenvalue weighted by atomic mass is 10.0. The minimum Gasteiger partial charge on any atom is -0.508 e. The molecule has 2 atom stereocenters. The van der Waals surface area contributed by atoms with Crippen LogP contribution >= 0.6 is 28.6 Å². The van der Waals surface area contributed by atoms with Gasteiger partial charge in [0.25, 0.3) is 0 Å². The van der Waals surface area contributed by atoms with Gasteiger partial charge in [-0.15, -0.1) is 0 Å². The van der Waals surface area contributed by atoms with Gasteiger partial charge < -0.3 is 15.3 Å². The van der Waals surface area contributed by atoms with Crippen molar-refractivity contribution in [1.29, 1.82) is 0 Å². The molecule has 3 N–H and O–H groups in total. The van der Waals surface area contributed by atoms with E-state index in [1.807, 2.05) is 0 Å². The van der Waals surface area contributed by atoms with E-state index in [-0.39, 0.29) is 17.1 Å². The Kier molecular flexibility index (Phi) is 4.25. The molecular formula is C9H11BrO3S. The van der Waals surface area contributed by atoms with Gasteiger partial charge in [-0.2, -0.15) is 12.6 Å². The molecule has 0 aliphatic heterocycles. The van der Waals surface area contributed by atoms with Crippen LogP contribution in [0.15, 0.2) is 22.7 Å². The third-order valence-electron chi connectivity index (χ3n) is 1.88. The minimum absolute atomic E-state index is 0.0484. The fraction of sp³-hybridized carbons (Fsp3) is 0.333. The molecule has 0 saturated heterocycles. The number of hydrogen-bond donors (Lipinski definition) is 4. The Morgan fingerprint density at radius 2 is 2.00 bits per heavy atom. The van der Waals surface area contributed by atoms with E-state index >= 15 is 0 Å². The average Bonchev–Trinajstić information content (AvgIpc) is 2.16. The molecule has 0 fully saturated rings. The van der Waals surface area contributed by atoms with Gasteiger partial charge in [0.2, 0.25) is 0 Å². The zero-order valence-electron chi connectivity index (χ0n) is 7.26. The first-order valence-corrected chi connectivity index (χ1v) is 5.44. The maximum Gasteiger partial charge on any atom is 0.122 e. The third-order valence-corrected chi connectivity index (χ3v) is 2.94. The molecule has 1 rings (SSSR count). The lowest BCUT2D eigenvalue weighted by Crippen LogP contribution is -2.20. The highest BCUT2D eigenvalue weighted by Gasteiger charge is 2.22. The molecular weight excluding hydrogens is 268 g/mol. The average molecular weight is 279 g/mol. The van der Waals surface area contributed by atoms with E-state index in [9.17, 15) is 15.3 Å². The SMILES string of the molecule is Oc1cccc(Br)c1C(O)C(O)CS. The molecule has 0 aromatic heterocycles. The van der Waals surface area contributed by atoms with E-state index < -0.39 is 12.2 Å². The lowest BCUT2D eigenvalue weighted by molar-refractivity contribution is 0.0318. The first-order chi connectivity index (χ1) is 6.57. The number of aromatic hydroxyl groups is 1. The molecule has 0 heterocycles. The van der Waals surface area contributed by atoms with Crippen molar-refractivity contribution in [2.45, 2.75) is 12.2 Å². The molecule has 14 heavy (non-hydrogen) atoms. The van der Waals surface area contributed by atoms with Crippen molar-refractivity contribution in [1.82, 2.24) is 0 Å². The topological polar surface area (TPSA) is 60.7 Å². The monoisotopic (exact) mass is 278 g/mol. The smallest absolute Gasteiger partial charge is 0.122 e. The molecule has 2 unspecified atom stereocenters. The number of benzene rings is 1. The summed E-state index contributed by atoms with van der Waals surface area (Å²) in [5.74, 6) is 0.0785. The Hall–Kier alpha value is -0.230. The highest BCUT2D eigenvalue weighted by atomic mass is 79.9. The fourth-order valence-electron chi connectivity index (χ4n) is 1.11. The lowest BCUT2D eigenvalue weighted by Gasteiger charge is -2.18. The third kappa shape index (κ3) is 2.42. The van der Waals surface area contributed by atoms with Crippen LogP contribution in [-0.4, -0.2) is 27.2 Å². The summed E-state index contributed by atoms with van der Waals surface area (Å²) in [6.45, 7) is 0. The summed E-state index contributed by atoms with van der Waals surface area (Å²) in [4.78, 5) is 0. The Balaban J connectivity index is 3.05. The van der Waals surface area contributed by atoms with E-state index in [0.29, 0.717) is 4.47 Å². The maximum absolute atomic E-state index is 9.66. The van der Waals surface area contributed by atoms with E-state index in [0.717, 1.165) is 0 Å². The number of rotatable bonds is 3. The van der Waals surface area contributed by atoms with Crippen molar-refractivity contribution < 1.29 is 15.3 Å². The number of halogens is 1. The van der Waals surface area contributed by atoms with Crippen molar-refractivity contribution in [3.8, 4) is 5.75 Å². The van der Waals surface area contributed by atoms with Crippen molar-refractivity contribution >= 4 is 28.6 Å². The highest BCUT2D eigenvalue weighted by molar-refractivity contribution is 9.10. The predicted octanol–water partition coefficient (Wildman–Crippen LogP) is 1.48. The summed E-state index contributed by atoms with van der Waals surface area (Å²) in [5, 5.41) is 28.5. The maximum atomic E-state index is 9.66. The van der Waals surface area contributed by atoms with Gasteiger partial charge in [-0.3, -0.25) is 0 Å². The Morgan fingerprint density at radius 1 is 1.36 bits per heavy atom. The van der Waals surface area contributed by atoms with Crippen molar-refractivity contribution in [2.75, 3.05) is 5.75 Å². The Bertz CT molecular complexity index is 299. The van der Waals surface area contributed by atoms with Crippen LogP contribution in [0.1, 0.15) is 11.7 Å². The van der Waals surface area contributed by atoms with Crippen LogP contribution in [0.3, 0.4) is 0 Å². The van der Waals surface area contributed by atoms with Gasteiger partial charge in [0.05, 0.1) is 6.10 Å². The summed E-state index contributed by atoms with van der Waals surface area (Å²) in [6, 6.07) is 4.78. The second-order valence-electron chi connectivity index (χ2n) is 2.87. The molecule has 0 bridgehead atoms. The number of phenols is 1. The number of aliphatic hydroxyl groups excluding tert-OH is 2. The van der Waals surface area contributed by atoms with Crippen LogP contribution in [0.2, 0.25) is 0 Å². The van der Waals surface area contributed by atoms with Gasteiger partial charge in [0, 0.05) is 15.8 Å². The van der Waals surface area contributed by atoms with Crippen LogP contribution in [0.4, 0.5) is 0 Å². The first-order valence-electron chi connectivity index (χ1n) is 4.02. The van der Waals surface area contributed by atoms with Gasteiger partial charge in [0.1, 0.15) is 11.9 Å². The molecule has 0 spiro atoms. The van der Waals surface area contributed by atoms with Crippen molar-refractivity contribution in [2.24, 2.45) is 0 Å². The van der Waals surface area contributed by atoms with Gasteiger partial charge in [-0.25, -0.2) is 0 Å². The molecule has 1 aromatic carbocycles. The molecule has 0 aliphatic rings. The quantitative estimate of drug-likeness (QED) is 0.634. The molecule has 1 aromatic rings. The zero-order chi connectivity index (χ0) is 10.7. The number of phenolic OH excluding ortho intramolecular Hbond substituents is 1. The number of thiol groups is 1.